The minimum absolute atomic E-state index is 0.294. The quantitative estimate of drug-likeness (QED) is 0.827. The van der Waals surface area contributed by atoms with Gasteiger partial charge in [0.1, 0.15) is 11.6 Å². The van der Waals surface area contributed by atoms with Crippen LogP contribution < -0.4 is 9.47 Å². The summed E-state index contributed by atoms with van der Waals surface area (Å²) in [6, 6.07) is 12.7. The molecule has 2 aromatic rings. The molecule has 0 unspecified atom stereocenters. The highest BCUT2D eigenvalue weighted by atomic mass is 16.5. The molecule has 0 fully saturated rings. The highest BCUT2D eigenvalue weighted by Crippen LogP contribution is 2.31. The lowest BCUT2D eigenvalue weighted by Crippen LogP contribution is -1.95. The van der Waals surface area contributed by atoms with E-state index in [1.165, 1.54) is 0 Å². The number of ether oxygens (including phenoxy) is 2. The first-order valence-corrected chi connectivity index (χ1v) is 5.43. The van der Waals surface area contributed by atoms with E-state index in [1.54, 1.807) is 31.4 Å². The van der Waals surface area contributed by atoms with Crippen LogP contribution in [0.2, 0.25) is 0 Å². The monoisotopic (exact) mass is 240 g/mol. The minimum Gasteiger partial charge on any atom is -0.493 e. The van der Waals surface area contributed by atoms with Crippen LogP contribution in [-0.4, -0.2) is 12.1 Å². The average molecular weight is 240 g/mol. The second-order valence-electron chi connectivity index (χ2n) is 3.67. The van der Waals surface area contributed by atoms with Gasteiger partial charge in [-0.2, -0.15) is 5.26 Å². The van der Waals surface area contributed by atoms with E-state index in [-0.39, 0.29) is 0 Å². The van der Waals surface area contributed by atoms with Gasteiger partial charge in [0.2, 0.25) is 5.88 Å². The van der Waals surface area contributed by atoms with E-state index in [1.807, 2.05) is 19.1 Å². The smallest absolute Gasteiger partial charge is 0.237 e. The molecule has 0 spiro atoms. The first kappa shape index (κ1) is 11.9. The van der Waals surface area contributed by atoms with Gasteiger partial charge in [0.05, 0.1) is 7.11 Å². The SMILES string of the molecule is COc1ccccc1Oc1nc(C)ccc1C#N. The van der Waals surface area contributed by atoms with Crippen LogP contribution in [0.4, 0.5) is 0 Å². The molecule has 4 nitrogen and oxygen atoms in total. The molecule has 0 saturated heterocycles. The molecular formula is C14H12N2O2. The van der Waals surface area contributed by atoms with E-state index in [2.05, 4.69) is 11.1 Å². The molecule has 0 N–H and O–H groups in total. The van der Waals surface area contributed by atoms with Crippen molar-refractivity contribution in [2.24, 2.45) is 0 Å². The van der Waals surface area contributed by atoms with Gasteiger partial charge in [0, 0.05) is 5.69 Å². The van der Waals surface area contributed by atoms with E-state index < -0.39 is 0 Å². The van der Waals surface area contributed by atoms with Crippen LogP contribution in [0, 0.1) is 18.3 Å². The summed E-state index contributed by atoms with van der Waals surface area (Å²) in [5.74, 6) is 1.43. The molecule has 1 heterocycles. The van der Waals surface area contributed by atoms with Crippen molar-refractivity contribution < 1.29 is 9.47 Å². The molecule has 0 bridgehead atoms. The van der Waals surface area contributed by atoms with Crippen LogP contribution in [0.3, 0.4) is 0 Å². The molecule has 0 aliphatic rings. The van der Waals surface area contributed by atoms with Crippen molar-refractivity contribution in [3.05, 3.63) is 47.7 Å². The number of aryl methyl sites for hydroxylation is 1. The van der Waals surface area contributed by atoms with Crippen LogP contribution in [0.5, 0.6) is 17.4 Å². The second-order valence-corrected chi connectivity index (χ2v) is 3.67. The van der Waals surface area contributed by atoms with Gasteiger partial charge in [-0.3, -0.25) is 0 Å². The molecule has 4 heteroatoms. The Hall–Kier alpha value is -2.54. The summed E-state index contributed by atoms with van der Waals surface area (Å²) in [5, 5.41) is 9.01. The minimum atomic E-state index is 0.294. The fourth-order valence-corrected chi connectivity index (χ4v) is 1.50. The van der Waals surface area contributed by atoms with E-state index in [0.29, 0.717) is 22.9 Å². The standard InChI is InChI=1S/C14H12N2O2/c1-10-7-8-11(9-15)14(16-10)18-13-6-4-3-5-12(13)17-2/h3-8H,1-2H3. The Morgan fingerprint density at radius 3 is 2.50 bits per heavy atom. The molecule has 18 heavy (non-hydrogen) atoms. The number of rotatable bonds is 3. The van der Waals surface area contributed by atoms with Gasteiger partial charge in [-0.15, -0.1) is 0 Å². The number of methoxy groups -OCH3 is 1. The predicted molar refractivity (Wildman–Crippen MR) is 66.8 cm³/mol. The number of para-hydroxylation sites is 2. The fourth-order valence-electron chi connectivity index (χ4n) is 1.50. The molecule has 0 amide bonds. The van der Waals surface area contributed by atoms with Crippen molar-refractivity contribution in [1.82, 2.24) is 4.98 Å². The van der Waals surface area contributed by atoms with Crippen LogP contribution in [0.15, 0.2) is 36.4 Å². The summed E-state index contributed by atoms with van der Waals surface area (Å²) in [7, 11) is 1.57. The lowest BCUT2D eigenvalue weighted by molar-refractivity contribution is 0.373. The number of hydrogen-bond donors (Lipinski definition) is 0. The number of hydrogen-bond acceptors (Lipinski definition) is 4. The van der Waals surface area contributed by atoms with E-state index in [9.17, 15) is 0 Å². The van der Waals surface area contributed by atoms with Crippen molar-refractivity contribution in [3.8, 4) is 23.4 Å². The zero-order chi connectivity index (χ0) is 13.0. The number of benzene rings is 1. The van der Waals surface area contributed by atoms with Crippen LogP contribution in [-0.2, 0) is 0 Å². The molecule has 1 aromatic heterocycles. The number of pyridine rings is 1. The molecule has 2 rings (SSSR count). The Morgan fingerprint density at radius 2 is 1.83 bits per heavy atom. The summed E-state index contributed by atoms with van der Waals surface area (Å²) < 4.78 is 10.8. The first-order chi connectivity index (χ1) is 8.74. The molecule has 0 aliphatic carbocycles. The third-order valence-electron chi connectivity index (χ3n) is 2.40. The molecule has 1 aromatic carbocycles. The van der Waals surface area contributed by atoms with Gasteiger partial charge >= 0.3 is 0 Å². The summed E-state index contributed by atoms with van der Waals surface area (Å²) in [6.07, 6.45) is 0. The third kappa shape index (κ3) is 2.41. The molecular weight excluding hydrogens is 228 g/mol. The average Bonchev–Trinajstić information content (AvgIpc) is 2.40. The summed E-state index contributed by atoms with van der Waals surface area (Å²) >= 11 is 0. The Kier molecular flexibility index (Phi) is 3.44. The lowest BCUT2D eigenvalue weighted by atomic mass is 10.2. The van der Waals surface area contributed by atoms with Crippen molar-refractivity contribution in [2.45, 2.75) is 6.92 Å². The number of nitriles is 1. The lowest BCUT2D eigenvalue weighted by Gasteiger charge is -2.10. The van der Waals surface area contributed by atoms with Gasteiger partial charge in [0.15, 0.2) is 11.5 Å². The molecule has 90 valence electrons. The predicted octanol–water partition coefficient (Wildman–Crippen LogP) is 3.06. The maximum atomic E-state index is 9.01. The highest BCUT2D eigenvalue weighted by Gasteiger charge is 2.10. The summed E-state index contributed by atoms with van der Waals surface area (Å²) in [4.78, 5) is 4.21. The Bertz CT molecular complexity index is 603. The van der Waals surface area contributed by atoms with Gasteiger partial charge in [-0.1, -0.05) is 12.1 Å². The van der Waals surface area contributed by atoms with Gasteiger partial charge in [-0.05, 0) is 31.2 Å². The summed E-state index contributed by atoms with van der Waals surface area (Å²) in [6.45, 7) is 1.84. The van der Waals surface area contributed by atoms with Crippen LogP contribution in [0.1, 0.15) is 11.3 Å². The van der Waals surface area contributed by atoms with E-state index in [0.717, 1.165) is 5.69 Å². The van der Waals surface area contributed by atoms with Crippen LogP contribution in [0.25, 0.3) is 0 Å². The van der Waals surface area contributed by atoms with Crippen molar-refractivity contribution in [1.29, 1.82) is 5.26 Å². The first-order valence-electron chi connectivity index (χ1n) is 5.43. The molecule has 0 saturated carbocycles. The van der Waals surface area contributed by atoms with Gasteiger partial charge in [0.25, 0.3) is 0 Å². The van der Waals surface area contributed by atoms with E-state index in [4.69, 9.17) is 14.7 Å². The topological polar surface area (TPSA) is 55.1 Å². The van der Waals surface area contributed by atoms with E-state index >= 15 is 0 Å². The third-order valence-corrected chi connectivity index (χ3v) is 2.40. The second kappa shape index (κ2) is 5.19. The number of aromatic nitrogens is 1. The van der Waals surface area contributed by atoms with Crippen molar-refractivity contribution in [2.75, 3.05) is 7.11 Å². The fraction of sp³-hybridized carbons (Fsp3) is 0.143. The van der Waals surface area contributed by atoms with Gasteiger partial charge < -0.3 is 9.47 Å². The molecule has 0 radical (unpaired) electrons. The Morgan fingerprint density at radius 1 is 1.11 bits per heavy atom. The van der Waals surface area contributed by atoms with Gasteiger partial charge in [-0.25, -0.2) is 4.98 Å². The van der Waals surface area contributed by atoms with Crippen molar-refractivity contribution in [3.63, 3.8) is 0 Å². The van der Waals surface area contributed by atoms with Crippen LogP contribution >= 0.6 is 0 Å². The number of nitrogens with zero attached hydrogens (tertiary/aromatic N) is 2. The summed E-state index contributed by atoms with van der Waals surface area (Å²) in [5.41, 5.74) is 1.19. The molecule has 0 atom stereocenters. The maximum absolute atomic E-state index is 9.01. The Labute approximate surface area is 105 Å². The zero-order valence-corrected chi connectivity index (χ0v) is 10.2. The Balaban J connectivity index is 2.40. The largest absolute Gasteiger partial charge is 0.493 e. The normalized spacial score (nSPS) is 9.61. The molecule has 0 aliphatic heterocycles. The highest BCUT2D eigenvalue weighted by molar-refractivity contribution is 5.45. The zero-order valence-electron chi connectivity index (χ0n) is 10.2. The maximum Gasteiger partial charge on any atom is 0.237 e. The van der Waals surface area contributed by atoms with Crippen molar-refractivity contribution >= 4 is 0 Å².